The normalized spacial score (nSPS) is 19.7. The first kappa shape index (κ1) is 18.3. The molecule has 1 aromatic heterocycles. The number of rotatable bonds is 4. The minimum Gasteiger partial charge on any atom is -0.481 e. The molecule has 2 heterocycles. The minimum absolute atomic E-state index is 0.0411. The van der Waals surface area contributed by atoms with Gasteiger partial charge in [0.15, 0.2) is 0 Å². The van der Waals surface area contributed by atoms with Crippen molar-refractivity contribution < 1.29 is 14.7 Å². The predicted molar refractivity (Wildman–Crippen MR) is 108 cm³/mol. The lowest BCUT2D eigenvalue weighted by Crippen LogP contribution is -2.47. The number of aromatic nitrogens is 1. The van der Waals surface area contributed by atoms with Crippen molar-refractivity contribution >= 4 is 22.8 Å². The topological polar surface area (TPSA) is 62.5 Å². The number of carboxylic acids is 1. The van der Waals surface area contributed by atoms with E-state index in [0.717, 1.165) is 10.9 Å². The van der Waals surface area contributed by atoms with Crippen LogP contribution in [0.5, 0.6) is 0 Å². The summed E-state index contributed by atoms with van der Waals surface area (Å²) in [5.74, 6) is -1.39. The fraction of sp³-hybridized carbons (Fsp3) is 0.304. The van der Waals surface area contributed by atoms with Crippen molar-refractivity contribution in [3.05, 3.63) is 71.9 Å². The summed E-state index contributed by atoms with van der Waals surface area (Å²) in [4.78, 5) is 26.6. The number of hydrogen-bond acceptors (Lipinski definition) is 2. The molecular formula is C23H24N2O3. The molecule has 1 aliphatic heterocycles. The molecule has 28 heavy (non-hydrogen) atoms. The Morgan fingerprint density at radius 2 is 1.75 bits per heavy atom. The molecule has 2 atom stereocenters. The maximum Gasteiger partial charge on any atom is 0.308 e. The molecule has 5 nitrogen and oxygen atoms in total. The van der Waals surface area contributed by atoms with Crippen LogP contribution in [0.4, 0.5) is 0 Å². The maximum absolute atomic E-state index is 13.4. The van der Waals surface area contributed by atoms with Crippen LogP contribution in [-0.4, -0.2) is 39.0 Å². The number of carbonyl (C=O) groups excluding carboxylic acids is 1. The van der Waals surface area contributed by atoms with Gasteiger partial charge in [0.05, 0.1) is 11.5 Å². The summed E-state index contributed by atoms with van der Waals surface area (Å²) in [6, 6.07) is 18.1. The highest BCUT2D eigenvalue weighted by molar-refractivity contribution is 6.07. The van der Waals surface area contributed by atoms with E-state index < -0.39 is 11.9 Å². The molecule has 2 aromatic carbocycles. The SMILES string of the molecule is CC1CCC(C(=O)O)CN1C(=O)c1cn(Cc2ccccc2)c2ccccc12. The molecule has 1 saturated heterocycles. The Labute approximate surface area is 164 Å². The molecule has 5 heteroatoms. The van der Waals surface area contributed by atoms with E-state index in [9.17, 15) is 14.7 Å². The zero-order chi connectivity index (χ0) is 19.7. The molecule has 3 aromatic rings. The zero-order valence-corrected chi connectivity index (χ0v) is 15.9. The van der Waals surface area contributed by atoms with Gasteiger partial charge in [-0.3, -0.25) is 9.59 Å². The molecule has 0 bridgehead atoms. The summed E-state index contributed by atoms with van der Waals surface area (Å²) in [7, 11) is 0. The van der Waals surface area contributed by atoms with Crippen molar-refractivity contribution in [1.82, 2.24) is 9.47 Å². The van der Waals surface area contributed by atoms with Crippen molar-refractivity contribution in [2.45, 2.75) is 32.4 Å². The van der Waals surface area contributed by atoms with Crippen LogP contribution in [0, 0.1) is 5.92 Å². The fourth-order valence-electron chi connectivity index (χ4n) is 4.07. The van der Waals surface area contributed by atoms with Gasteiger partial charge in [0, 0.05) is 36.2 Å². The lowest BCUT2D eigenvalue weighted by molar-refractivity contribution is -0.143. The smallest absolute Gasteiger partial charge is 0.308 e. The summed E-state index contributed by atoms with van der Waals surface area (Å²) in [5.41, 5.74) is 2.82. The number of para-hydroxylation sites is 1. The van der Waals surface area contributed by atoms with Crippen LogP contribution < -0.4 is 0 Å². The second-order valence-corrected chi connectivity index (χ2v) is 7.59. The van der Waals surface area contributed by atoms with Gasteiger partial charge >= 0.3 is 5.97 Å². The molecule has 1 amide bonds. The van der Waals surface area contributed by atoms with Crippen molar-refractivity contribution in [2.75, 3.05) is 6.54 Å². The first-order valence-electron chi connectivity index (χ1n) is 9.70. The van der Waals surface area contributed by atoms with Crippen LogP contribution in [0.1, 0.15) is 35.7 Å². The molecule has 0 spiro atoms. The van der Waals surface area contributed by atoms with Gasteiger partial charge in [0.2, 0.25) is 0 Å². The van der Waals surface area contributed by atoms with E-state index in [4.69, 9.17) is 0 Å². The van der Waals surface area contributed by atoms with Crippen molar-refractivity contribution in [1.29, 1.82) is 0 Å². The van der Waals surface area contributed by atoms with Crippen LogP contribution in [0.15, 0.2) is 60.8 Å². The Bertz CT molecular complexity index is 1010. The van der Waals surface area contributed by atoms with Crippen molar-refractivity contribution in [2.24, 2.45) is 5.92 Å². The van der Waals surface area contributed by atoms with E-state index in [2.05, 4.69) is 16.7 Å². The largest absolute Gasteiger partial charge is 0.481 e. The number of carbonyl (C=O) groups is 2. The molecular weight excluding hydrogens is 352 g/mol. The zero-order valence-electron chi connectivity index (χ0n) is 15.9. The first-order valence-corrected chi connectivity index (χ1v) is 9.70. The molecule has 144 valence electrons. The molecule has 1 aliphatic rings. The highest BCUT2D eigenvalue weighted by atomic mass is 16.4. The highest BCUT2D eigenvalue weighted by Gasteiger charge is 2.34. The minimum atomic E-state index is -0.823. The van der Waals surface area contributed by atoms with Crippen molar-refractivity contribution in [3.8, 4) is 0 Å². The average molecular weight is 376 g/mol. The van der Waals surface area contributed by atoms with Gasteiger partial charge in [0.1, 0.15) is 0 Å². The monoisotopic (exact) mass is 376 g/mol. The van der Waals surface area contributed by atoms with E-state index in [1.807, 2.05) is 55.6 Å². The van der Waals surface area contributed by atoms with E-state index in [-0.39, 0.29) is 18.5 Å². The van der Waals surface area contributed by atoms with E-state index in [1.165, 1.54) is 5.56 Å². The number of benzene rings is 2. The van der Waals surface area contributed by atoms with Crippen LogP contribution in [-0.2, 0) is 11.3 Å². The number of likely N-dealkylation sites (tertiary alicyclic amines) is 1. The number of carboxylic acid groups (broad SMARTS) is 1. The van der Waals surface area contributed by atoms with Gasteiger partial charge in [-0.2, -0.15) is 0 Å². The number of amides is 1. The van der Waals surface area contributed by atoms with Gasteiger partial charge in [0.25, 0.3) is 5.91 Å². The van der Waals surface area contributed by atoms with Gasteiger partial charge in [-0.1, -0.05) is 48.5 Å². The highest BCUT2D eigenvalue weighted by Crippen LogP contribution is 2.28. The summed E-state index contributed by atoms with van der Waals surface area (Å²) >= 11 is 0. The predicted octanol–water partition coefficient (Wildman–Crippen LogP) is 4.01. The standard InChI is InChI=1S/C23H24N2O3/c1-16-11-12-18(23(27)28)14-25(16)22(26)20-15-24(13-17-7-3-2-4-8-17)21-10-6-5-9-19(20)21/h2-10,15-16,18H,11-14H2,1H3,(H,27,28). The van der Waals surface area contributed by atoms with Crippen LogP contribution >= 0.6 is 0 Å². The Balaban J connectivity index is 1.70. The lowest BCUT2D eigenvalue weighted by atomic mass is 9.93. The van der Waals surface area contributed by atoms with E-state index >= 15 is 0 Å². The number of piperidine rings is 1. The molecule has 1 fully saturated rings. The molecule has 1 N–H and O–H groups in total. The van der Waals surface area contributed by atoms with Crippen LogP contribution in [0.2, 0.25) is 0 Å². The molecule has 0 saturated carbocycles. The molecule has 4 rings (SSSR count). The molecule has 0 radical (unpaired) electrons. The third kappa shape index (κ3) is 3.40. The molecule has 0 aliphatic carbocycles. The quantitative estimate of drug-likeness (QED) is 0.748. The average Bonchev–Trinajstić information content (AvgIpc) is 3.07. The number of aliphatic carboxylic acids is 1. The lowest BCUT2D eigenvalue weighted by Gasteiger charge is -2.36. The maximum atomic E-state index is 13.4. The summed E-state index contributed by atoms with van der Waals surface area (Å²) in [5, 5.41) is 10.3. The first-order chi connectivity index (χ1) is 13.5. The second kappa shape index (κ2) is 7.50. The number of nitrogens with zero attached hydrogens (tertiary/aromatic N) is 2. The second-order valence-electron chi connectivity index (χ2n) is 7.59. The van der Waals surface area contributed by atoms with Gasteiger partial charge in [-0.05, 0) is 31.4 Å². The Morgan fingerprint density at radius 3 is 2.50 bits per heavy atom. The summed E-state index contributed by atoms with van der Waals surface area (Å²) < 4.78 is 2.10. The van der Waals surface area contributed by atoms with Gasteiger partial charge in [-0.25, -0.2) is 0 Å². The van der Waals surface area contributed by atoms with Gasteiger partial charge < -0.3 is 14.6 Å². The third-order valence-electron chi connectivity index (χ3n) is 5.71. The Hall–Kier alpha value is -3.08. The Kier molecular flexibility index (Phi) is 4.90. The van der Waals surface area contributed by atoms with E-state index in [0.29, 0.717) is 24.9 Å². The van der Waals surface area contributed by atoms with Gasteiger partial charge in [-0.15, -0.1) is 0 Å². The Morgan fingerprint density at radius 1 is 1.04 bits per heavy atom. The third-order valence-corrected chi connectivity index (χ3v) is 5.71. The fourth-order valence-corrected chi connectivity index (χ4v) is 4.07. The van der Waals surface area contributed by atoms with Crippen LogP contribution in [0.25, 0.3) is 10.9 Å². The summed E-state index contributed by atoms with van der Waals surface area (Å²) in [6.45, 7) is 2.95. The number of fused-ring (bicyclic) bond motifs is 1. The molecule has 2 unspecified atom stereocenters. The van der Waals surface area contributed by atoms with Crippen molar-refractivity contribution in [3.63, 3.8) is 0 Å². The van der Waals surface area contributed by atoms with E-state index in [1.54, 1.807) is 4.90 Å². The summed E-state index contributed by atoms with van der Waals surface area (Å²) in [6.07, 6.45) is 3.25. The van der Waals surface area contributed by atoms with Crippen LogP contribution in [0.3, 0.4) is 0 Å². The number of hydrogen-bond donors (Lipinski definition) is 1.